The topological polar surface area (TPSA) is 85.3 Å². The third-order valence-corrected chi connectivity index (χ3v) is 2.52. The molecule has 0 atom stereocenters. The Labute approximate surface area is 124 Å². The van der Waals surface area contributed by atoms with Crippen molar-refractivity contribution >= 4 is 17.5 Å². The molecule has 0 heterocycles. The summed E-state index contributed by atoms with van der Waals surface area (Å²) in [4.78, 5) is 13.6. The zero-order chi connectivity index (χ0) is 16.0. The van der Waals surface area contributed by atoms with E-state index in [1.165, 1.54) is 24.1 Å². The van der Waals surface area contributed by atoms with Crippen LogP contribution in [0, 0.1) is 5.21 Å². The minimum Gasteiger partial charge on any atom is -0.733 e. The summed E-state index contributed by atoms with van der Waals surface area (Å²) in [7, 11) is 1.54. The van der Waals surface area contributed by atoms with Crippen LogP contribution < -0.4 is 10.1 Å². The molecule has 0 aliphatic rings. The molecule has 0 spiro atoms. The fourth-order valence-electron chi connectivity index (χ4n) is 1.59. The molecule has 7 heteroatoms. The van der Waals surface area contributed by atoms with Gasteiger partial charge in [-0.05, 0) is 45.0 Å². The molecule has 0 radical (unpaired) electrons. The number of hydrogen-bond donors (Lipinski definition) is 1. The van der Waals surface area contributed by atoms with Gasteiger partial charge >= 0.3 is 6.09 Å². The van der Waals surface area contributed by atoms with Crippen molar-refractivity contribution in [3.05, 3.63) is 29.5 Å². The number of hydrogen-bond acceptors (Lipinski definition) is 6. The molecule has 1 rings (SSSR count). The molecule has 21 heavy (non-hydrogen) atoms. The first-order chi connectivity index (χ1) is 9.74. The Morgan fingerprint density at radius 2 is 1.76 bits per heavy atom. The van der Waals surface area contributed by atoms with Crippen molar-refractivity contribution in [1.82, 2.24) is 0 Å². The van der Waals surface area contributed by atoms with Gasteiger partial charge in [0, 0.05) is 12.8 Å². The van der Waals surface area contributed by atoms with Gasteiger partial charge in [0.1, 0.15) is 5.60 Å². The second-order valence-electron chi connectivity index (χ2n) is 5.41. The van der Waals surface area contributed by atoms with Crippen LogP contribution in [0.25, 0.3) is 0 Å². The Balaban J connectivity index is 2.93. The molecule has 0 saturated heterocycles. The fourth-order valence-corrected chi connectivity index (χ4v) is 1.59. The highest BCUT2D eigenvalue weighted by Crippen LogP contribution is 2.21. The van der Waals surface area contributed by atoms with Crippen molar-refractivity contribution in [1.29, 1.82) is 0 Å². The molecule has 1 amide bonds. The van der Waals surface area contributed by atoms with Gasteiger partial charge in [-0.1, -0.05) is 0 Å². The lowest BCUT2D eigenvalue weighted by atomic mass is 10.2. The van der Waals surface area contributed by atoms with Gasteiger partial charge in [0.15, 0.2) is 0 Å². The lowest BCUT2D eigenvalue weighted by Gasteiger charge is -2.28. The van der Waals surface area contributed by atoms with Crippen molar-refractivity contribution in [3.63, 3.8) is 0 Å². The molecule has 1 aromatic carbocycles. The summed E-state index contributed by atoms with van der Waals surface area (Å²) < 4.78 is 10.3. The van der Waals surface area contributed by atoms with Gasteiger partial charge in [-0.15, -0.1) is 0 Å². The van der Waals surface area contributed by atoms with Crippen LogP contribution in [0.5, 0.6) is 0 Å². The third-order valence-electron chi connectivity index (χ3n) is 2.52. The fraction of sp³-hybridized carbons (Fsp3) is 0.500. The summed E-state index contributed by atoms with van der Waals surface area (Å²) in [6.07, 6.45) is -0.504. The molecule has 7 nitrogen and oxygen atoms in total. The highest BCUT2D eigenvalue weighted by molar-refractivity contribution is 5.88. The maximum absolute atomic E-state index is 12.2. The number of carbonyl (C=O) groups excluding carboxylic acids is 1. The molecule has 0 fully saturated rings. The molecular weight excluding hydrogens is 276 g/mol. The van der Waals surface area contributed by atoms with E-state index >= 15 is 0 Å². The predicted molar refractivity (Wildman–Crippen MR) is 79.5 cm³/mol. The smallest absolute Gasteiger partial charge is 0.414 e. The minimum atomic E-state index is -0.612. The number of carbonyl (C=O) groups is 1. The van der Waals surface area contributed by atoms with Crippen LogP contribution in [0.4, 0.5) is 16.2 Å². The monoisotopic (exact) mass is 297 g/mol. The SMILES string of the molecule is COCCN(C(=O)OC(C)(C)C)c1ccc(N([O-])O)cc1. The maximum atomic E-state index is 12.2. The number of methoxy groups -OCH3 is 1. The summed E-state index contributed by atoms with van der Waals surface area (Å²) >= 11 is 0. The van der Waals surface area contributed by atoms with Gasteiger partial charge in [0.2, 0.25) is 0 Å². The van der Waals surface area contributed by atoms with Crippen molar-refractivity contribution < 1.29 is 19.5 Å². The zero-order valence-electron chi connectivity index (χ0n) is 12.7. The van der Waals surface area contributed by atoms with E-state index in [9.17, 15) is 10.0 Å². The van der Waals surface area contributed by atoms with Crippen molar-refractivity contribution in [2.75, 3.05) is 30.4 Å². The second-order valence-corrected chi connectivity index (χ2v) is 5.41. The zero-order valence-corrected chi connectivity index (χ0v) is 12.7. The molecule has 0 unspecified atom stereocenters. The third kappa shape index (κ3) is 5.58. The summed E-state index contributed by atoms with van der Waals surface area (Å²) in [6, 6.07) is 5.92. The molecular formula is C14H21N2O5-. The molecule has 0 saturated carbocycles. The van der Waals surface area contributed by atoms with Gasteiger partial charge in [-0.3, -0.25) is 10.1 Å². The molecule has 1 aromatic rings. The highest BCUT2D eigenvalue weighted by atomic mass is 16.8. The van der Waals surface area contributed by atoms with Crippen LogP contribution in [-0.4, -0.2) is 37.2 Å². The second kappa shape index (κ2) is 7.26. The van der Waals surface area contributed by atoms with Crippen LogP contribution in [0.1, 0.15) is 20.8 Å². The van der Waals surface area contributed by atoms with Crippen molar-refractivity contribution in [2.45, 2.75) is 26.4 Å². The Morgan fingerprint density at radius 1 is 1.24 bits per heavy atom. The van der Waals surface area contributed by atoms with Crippen LogP contribution in [0.15, 0.2) is 24.3 Å². The summed E-state index contributed by atoms with van der Waals surface area (Å²) in [6.45, 7) is 6.00. The number of benzene rings is 1. The van der Waals surface area contributed by atoms with E-state index < -0.39 is 11.7 Å². The van der Waals surface area contributed by atoms with Crippen LogP contribution in [-0.2, 0) is 9.47 Å². The van der Waals surface area contributed by atoms with Crippen LogP contribution in [0.3, 0.4) is 0 Å². The number of ether oxygens (including phenoxy) is 2. The first-order valence-corrected chi connectivity index (χ1v) is 6.50. The molecule has 118 valence electrons. The lowest BCUT2D eigenvalue weighted by molar-refractivity contribution is 0.0569. The Bertz CT molecular complexity index is 453. The average Bonchev–Trinajstić information content (AvgIpc) is 2.37. The predicted octanol–water partition coefficient (Wildman–Crippen LogP) is 2.77. The van der Waals surface area contributed by atoms with Gasteiger partial charge in [0.25, 0.3) is 0 Å². The summed E-state index contributed by atoms with van der Waals surface area (Å²) in [5.41, 5.74) is 0.0146. The van der Waals surface area contributed by atoms with E-state index in [4.69, 9.17) is 14.7 Å². The Morgan fingerprint density at radius 3 is 2.19 bits per heavy atom. The standard InChI is InChI=1S/C14H21N2O5/c1-14(2,3)21-13(17)15(9-10-20-4)11-5-7-12(8-6-11)16(18)19/h5-8,18H,9-10H2,1-4H3/q-1. The number of anilines is 2. The summed E-state index contributed by atoms with van der Waals surface area (Å²) in [5, 5.41) is 19.3. The van der Waals surface area contributed by atoms with Gasteiger partial charge < -0.3 is 19.9 Å². The van der Waals surface area contributed by atoms with Gasteiger partial charge in [0.05, 0.1) is 18.8 Å². The summed E-state index contributed by atoms with van der Waals surface area (Å²) in [5.74, 6) is 0. The first-order valence-electron chi connectivity index (χ1n) is 6.50. The Kier molecular flexibility index (Phi) is 5.95. The van der Waals surface area contributed by atoms with E-state index in [-0.39, 0.29) is 10.9 Å². The molecule has 0 bridgehead atoms. The van der Waals surface area contributed by atoms with E-state index in [0.717, 1.165) is 0 Å². The van der Waals surface area contributed by atoms with E-state index in [0.29, 0.717) is 18.8 Å². The van der Waals surface area contributed by atoms with Crippen molar-refractivity contribution in [3.8, 4) is 0 Å². The first kappa shape index (κ1) is 17.2. The largest absolute Gasteiger partial charge is 0.733 e. The molecule has 0 aliphatic carbocycles. The number of nitrogens with zero attached hydrogens (tertiary/aromatic N) is 2. The van der Waals surface area contributed by atoms with Crippen LogP contribution >= 0.6 is 0 Å². The Hall–Kier alpha value is -1.83. The van der Waals surface area contributed by atoms with Crippen LogP contribution in [0.2, 0.25) is 0 Å². The van der Waals surface area contributed by atoms with Crippen molar-refractivity contribution in [2.24, 2.45) is 0 Å². The molecule has 0 aliphatic heterocycles. The average molecular weight is 297 g/mol. The highest BCUT2D eigenvalue weighted by Gasteiger charge is 2.23. The molecule has 0 aromatic heterocycles. The lowest BCUT2D eigenvalue weighted by Crippen LogP contribution is -2.38. The van der Waals surface area contributed by atoms with E-state index in [1.807, 2.05) is 0 Å². The number of amides is 1. The van der Waals surface area contributed by atoms with E-state index in [2.05, 4.69) is 0 Å². The minimum absolute atomic E-state index is 0.0784. The number of rotatable bonds is 5. The normalized spacial score (nSPS) is 11.1. The van der Waals surface area contributed by atoms with E-state index in [1.54, 1.807) is 32.9 Å². The maximum Gasteiger partial charge on any atom is 0.414 e. The van der Waals surface area contributed by atoms with Gasteiger partial charge in [-0.25, -0.2) is 4.79 Å². The quantitative estimate of drug-likeness (QED) is 0.841. The molecule has 1 N–H and O–H groups in total. The van der Waals surface area contributed by atoms with Gasteiger partial charge in [-0.2, -0.15) is 0 Å².